The van der Waals surface area contributed by atoms with E-state index in [9.17, 15) is 4.39 Å². The van der Waals surface area contributed by atoms with Crippen LogP contribution in [0.5, 0.6) is 0 Å². The average Bonchev–Trinajstić information content (AvgIpc) is 2.34. The standard InChI is InChI=1S/C16H17BrFN/c1-10-4-6-13(11(2)8-10)16(19-3)14-7-5-12(17)9-15(14)18/h4-9,16,19H,1-3H3. The molecule has 0 aliphatic heterocycles. The average molecular weight is 322 g/mol. The van der Waals surface area contributed by atoms with Gasteiger partial charge in [0.25, 0.3) is 0 Å². The molecule has 19 heavy (non-hydrogen) atoms. The zero-order valence-corrected chi connectivity index (χ0v) is 12.9. The zero-order valence-electron chi connectivity index (χ0n) is 11.3. The van der Waals surface area contributed by atoms with Crippen LogP contribution in [0.2, 0.25) is 0 Å². The molecule has 0 spiro atoms. The van der Waals surface area contributed by atoms with Crippen LogP contribution in [0.4, 0.5) is 4.39 Å². The van der Waals surface area contributed by atoms with Crippen LogP contribution in [0, 0.1) is 19.7 Å². The summed E-state index contributed by atoms with van der Waals surface area (Å²) in [5.74, 6) is -0.200. The summed E-state index contributed by atoms with van der Waals surface area (Å²) in [6.07, 6.45) is 0. The number of halogens is 2. The summed E-state index contributed by atoms with van der Waals surface area (Å²) in [7, 11) is 1.85. The fourth-order valence-electron chi connectivity index (χ4n) is 2.36. The SMILES string of the molecule is CNC(c1ccc(C)cc1C)c1ccc(Br)cc1F. The molecular weight excluding hydrogens is 305 g/mol. The minimum absolute atomic E-state index is 0.131. The second-order valence-electron chi connectivity index (χ2n) is 4.75. The van der Waals surface area contributed by atoms with Gasteiger partial charge in [-0.25, -0.2) is 4.39 Å². The molecule has 0 heterocycles. The molecule has 2 aromatic rings. The first-order valence-electron chi connectivity index (χ1n) is 6.22. The van der Waals surface area contributed by atoms with Gasteiger partial charge >= 0.3 is 0 Å². The third-order valence-corrected chi connectivity index (χ3v) is 3.79. The van der Waals surface area contributed by atoms with Crippen LogP contribution in [-0.2, 0) is 0 Å². The minimum atomic E-state index is -0.200. The van der Waals surface area contributed by atoms with Gasteiger partial charge in [-0.1, -0.05) is 45.8 Å². The topological polar surface area (TPSA) is 12.0 Å². The maximum absolute atomic E-state index is 14.1. The van der Waals surface area contributed by atoms with E-state index in [1.807, 2.05) is 19.2 Å². The van der Waals surface area contributed by atoms with Gasteiger partial charge in [0.2, 0.25) is 0 Å². The van der Waals surface area contributed by atoms with Crippen molar-refractivity contribution in [1.29, 1.82) is 0 Å². The van der Waals surface area contributed by atoms with E-state index in [4.69, 9.17) is 0 Å². The van der Waals surface area contributed by atoms with E-state index in [1.54, 1.807) is 0 Å². The lowest BCUT2D eigenvalue weighted by Gasteiger charge is -2.20. The molecule has 100 valence electrons. The van der Waals surface area contributed by atoms with Gasteiger partial charge in [0.15, 0.2) is 0 Å². The Labute approximate surface area is 122 Å². The highest BCUT2D eigenvalue weighted by Crippen LogP contribution is 2.28. The molecule has 0 aromatic heterocycles. The summed E-state index contributed by atoms with van der Waals surface area (Å²) in [4.78, 5) is 0. The number of benzene rings is 2. The van der Waals surface area contributed by atoms with E-state index in [1.165, 1.54) is 17.2 Å². The second-order valence-corrected chi connectivity index (χ2v) is 5.66. The summed E-state index contributed by atoms with van der Waals surface area (Å²) in [5.41, 5.74) is 4.15. The van der Waals surface area contributed by atoms with Gasteiger partial charge < -0.3 is 5.32 Å². The number of rotatable bonds is 3. The molecule has 0 fully saturated rings. The molecule has 1 N–H and O–H groups in total. The highest BCUT2D eigenvalue weighted by Gasteiger charge is 2.18. The zero-order chi connectivity index (χ0) is 14.0. The van der Waals surface area contributed by atoms with Crippen LogP contribution in [0.1, 0.15) is 28.3 Å². The fourth-order valence-corrected chi connectivity index (χ4v) is 2.70. The maximum atomic E-state index is 14.1. The number of hydrogen-bond acceptors (Lipinski definition) is 1. The van der Waals surface area contributed by atoms with Crippen molar-refractivity contribution in [2.45, 2.75) is 19.9 Å². The van der Waals surface area contributed by atoms with Crippen LogP contribution in [0.3, 0.4) is 0 Å². The van der Waals surface area contributed by atoms with Crippen molar-refractivity contribution in [3.05, 3.63) is 68.9 Å². The van der Waals surface area contributed by atoms with E-state index in [2.05, 4.69) is 53.3 Å². The predicted molar refractivity (Wildman–Crippen MR) is 80.9 cm³/mol. The molecule has 0 saturated heterocycles. The lowest BCUT2D eigenvalue weighted by Crippen LogP contribution is -2.20. The molecule has 3 heteroatoms. The largest absolute Gasteiger partial charge is 0.309 e. The fraction of sp³-hybridized carbons (Fsp3) is 0.250. The van der Waals surface area contributed by atoms with Crippen LogP contribution in [0.15, 0.2) is 40.9 Å². The van der Waals surface area contributed by atoms with Crippen LogP contribution >= 0.6 is 15.9 Å². The first kappa shape index (κ1) is 14.2. The molecular formula is C16H17BrFN. The Balaban J connectivity index is 2.50. The van der Waals surface area contributed by atoms with Gasteiger partial charge in [0.05, 0.1) is 6.04 Å². The maximum Gasteiger partial charge on any atom is 0.129 e. The van der Waals surface area contributed by atoms with Crippen molar-refractivity contribution in [3.63, 3.8) is 0 Å². The number of hydrogen-bond donors (Lipinski definition) is 1. The van der Waals surface area contributed by atoms with Gasteiger partial charge in [0, 0.05) is 10.0 Å². The molecule has 0 amide bonds. The molecule has 1 nitrogen and oxygen atoms in total. The molecule has 2 rings (SSSR count). The summed E-state index contributed by atoms with van der Waals surface area (Å²) in [6.45, 7) is 4.12. The predicted octanol–water partition coefficient (Wildman–Crippen LogP) is 4.51. The minimum Gasteiger partial charge on any atom is -0.309 e. The lowest BCUT2D eigenvalue weighted by atomic mass is 9.93. The Bertz CT molecular complexity index is 544. The van der Waals surface area contributed by atoms with Crippen LogP contribution < -0.4 is 5.32 Å². The molecule has 0 radical (unpaired) electrons. The Morgan fingerprint density at radius 1 is 1.05 bits per heavy atom. The summed E-state index contributed by atoms with van der Waals surface area (Å²) >= 11 is 3.29. The first-order chi connectivity index (χ1) is 9.02. The third kappa shape index (κ3) is 3.04. The molecule has 0 saturated carbocycles. The molecule has 2 aromatic carbocycles. The van der Waals surface area contributed by atoms with Crippen molar-refractivity contribution in [2.24, 2.45) is 0 Å². The van der Waals surface area contributed by atoms with Crippen molar-refractivity contribution in [2.75, 3.05) is 7.05 Å². The van der Waals surface area contributed by atoms with Crippen molar-refractivity contribution in [3.8, 4) is 0 Å². The molecule has 1 atom stereocenters. The number of nitrogens with one attached hydrogen (secondary N) is 1. The van der Waals surface area contributed by atoms with Crippen molar-refractivity contribution >= 4 is 15.9 Å². The summed E-state index contributed by atoms with van der Waals surface area (Å²) < 4.78 is 14.9. The van der Waals surface area contributed by atoms with Gasteiger partial charge in [0.1, 0.15) is 5.82 Å². The van der Waals surface area contributed by atoms with Crippen LogP contribution in [0.25, 0.3) is 0 Å². The van der Waals surface area contributed by atoms with Crippen molar-refractivity contribution in [1.82, 2.24) is 5.32 Å². The van der Waals surface area contributed by atoms with Crippen LogP contribution in [-0.4, -0.2) is 7.05 Å². The number of aryl methyl sites for hydroxylation is 2. The van der Waals surface area contributed by atoms with Gasteiger partial charge in [-0.05, 0) is 44.2 Å². The highest BCUT2D eigenvalue weighted by atomic mass is 79.9. The Hall–Kier alpha value is -1.19. The van der Waals surface area contributed by atoms with Gasteiger partial charge in [-0.2, -0.15) is 0 Å². The molecule has 1 unspecified atom stereocenters. The smallest absolute Gasteiger partial charge is 0.129 e. The normalized spacial score (nSPS) is 12.5. The van der Waals surface area contributed by atoms with E-state index in [0.29, 0.717) is 5.56 Å². The third-order valence-electron chi connectivity index (χ3n) is 3.30. The lowest BCUT2D eigenvalue weighted by molar-refractivity contribution is 0.574. The van der Waals surface area contributed by atoms with E-state index in [-0.39, 0.29) is 11.9 Å². The summed E-state index contributed by atoms with van der Waals surface area (Å²) in [5, 5.41) is 3.20. The second kappa shape index (κ2) is 5.85. The molecule has 0 aliphatic carbocycles. The monoisotopic (exact) mass is 321 g/mol. The van der Waals surface area contributed by atoms with E-state index >= 15 is 0 Å². The highest BCUT2D eigenvalue weighted by molar-refractivity contribution is 9.10. The molecule has 0 aliphatic rings. The van der Waals surface area contributed by atoms with Gasteiger partial charge in [-0.15, -0.1) is 0 Å². The Morgan fingerprint density at radius 3 is 2.32 bits per heavy atom. The Kier molecular flexibility index (Phi) is 4.38. The van der Waals surface area contributed by atoms with E-state index in [0.717, 1.165) is 10.0 Å². The Morgan fingerprint density at radius 2 is 1.74 bits per heavy atom. The quantitative estimate of drug-likeness (QED) is 0.876. The molecule has 0 bridgehead atoms. The van der Waals surface area contributed by atoms with Crippen molar-refractivity contribution < 1.29 is 4.39 Å². The first-order valence-corrected chi connectivity index (χ1v) is 7.01. The summed E-state index contributed by atoms with van der Waals surface area (Å²) in [6, 6.07) is 11.3. The van der Waals surface area contributed by atoms with Gasteiger partial charge in [-0.3, -0.25) is 0 Å². The van der Waals surface area contributed by atoms with E-state index < -0.39 is 0 Å².